The smallest absolute Gasteiger partial charge is 0.199 e. The van der Waals surface area contributed by atoms with Crippen LogP contribution in [0.1, 0.15) is 5.56 Å². The monoisotopic (exact) mass is 364 g/mol. The summed E-state index contributed by atoms with van der Waals surface area (Å²) in [5.41, 5.74) is 8.91. The number of nitrogens with two attached hydrogens (primary N) is 1. The lowest BCUT2D eigenvalue weighted by atomic mass is 10.1. The van der Waals surface area contributed by atoms with Crippen LogP contribution in [-0.2, 0) is 6.54 Å². The van der Waals surface area contributed by atoms with Gasteiger partial charge >= 0.3 is 0 Å². The summed E-state index contributed by atoms with van der Waals surface area (Å²) in [6.45, 7) is 0.228. The number of methoxy groups -OCH3 is 1. The van der Waals surface area contributed by atoms with E-state index in [4.69, 9.17) is 15.1 Å². The van der Waals surface area contributed by atoms with Gasteiger partial charge in [-0.25, -0.2) is 9.61 Å². The lowest BCUT2D eigenvalue weighted by Crippen LogP contribution is -2.13. The largest absolute Gasteiger partial charge is 0.497 e. The SMILES string of the molecule is COc1cccc(/C(Cn2c(-c3nonc3N)nc3ccccc32)=N\O)c1. The number of rotatable bonds is 5. The van der Waals surface area contributed by atoms with Gasteiger partial charge in [0.2, 0.25) is 0 Å². The maximum atomic E-state index is 9.63. The molecule has 0 fully saturated rings. The number of anilines is 1. The molecule has 0 saturated carbocycles. The van der Waals surface area contributed by atoms with Crippen molar-refractivity contribution in [2.24, 2.45) is 5.16 Å². The van der Waals surface area contributed by atoms with Crippen LogP contribution in [0.15, 0.2) is 58.3 Å². The summed E-state index contributed by atoms with van der Waals surface area (Å²) in [6.07, 6.45) is 0. The molecule has 136 valence electrons. The van der Waals surface area contributed by atoms with Crippen LogP contribution < -0.4 is 10.5 Å². The van der Waals surface area contributed by atoms with Crippen molar-refractivity contribution in [3.05, 3.63) is 54.1 Å². The van der Waals surface area contributed by atoms with E-state index in [0.717, 1.165) is 11.0 Å². The molecule has 0 unspecified atom stereocenters. The predicted octanol–water partition coefficient (Wildman–Crippen LogP) is 2.56. The lowest BCUT2D eigenvalue weighted by molar-refractivity contribution is 0.310. The van der Waals surface area contributed by atoms with Gasteiger partial charge in [-0.2, -0.15) is 0 Å². The van der Waals surface area contributed by atoms with Crippen LogP contribution in [0.3, 0.4) is 0 Å². The zero-order chi connectivity index (χ0) is 18.8. The van der Waals surface area contributed by atoms with E-state index in [1.165, 1.54) is 0 Å². The predicted molar refractivity (Wildman–Crippen MR) is 98.8 cm³/mol. The van der Waals surface area contributed by atoms with Crippen LogP contribution in [0, 0.1) is 0 Å². The number of hydrogen-bond acceptors (Lipinski definition) is 8. The quantitative estimate of drug-likeness (QED) is 0.317. The van der Waals surface area contributed by atoms with Crippen molar-refractivity contribution in [2.75, 3.05) is 12.8 Å². The van der Waals surface area contributed by atoms with E-state index in [1.807, 2.05) is 47.0 Å². The van der Waals surface area contributed by atoms with Crippen molar-refractivity contribution in [3.63, 3.8) is 0 Å². The molecule has 0 aliphatic rings. The minimum atomic E-state index is 0.135. The summed E-state index contributed by atoms with van der Waals surface area (Å²) >= 11 is 0. The molecule has 0 bridgehead atoms. The summed E-state index contributed by atoms with van der Waals surface area (Å²) in [5, 5.41) is 20.6. The molecule has 0 radical (unpaired) electrons. The van der Waals surface area contributed by atoms with Crippen molar-refractivity contribution < 1.29 is 14.6 Å². The van der Waals surface area contributed by atoms with Gasteiger partial charge in [-0.3, -0.25) is 0 Å². The van der Waals surface area contributed by atoms with E-state index >= 15 is 0 Å². The van der Waals surface area contributed by atoms with E-state index in [0.29, 0.717) is 28.5 Å². The molecule has 4 aromatic rings. The first-order valence-corrected chi connectivity index (χ1v) is 8.10. The molecule has 2 heterocycles. The average molecular weight is 364 g/mol. The fraction of sp³-hybridized carbons (Fsp3) is 0.111. The van der Waals surface area contributed by atoms with E-state index in [-0.39, 0.29) is 12.4 Å². The number of imidazole rings is 1. The Morgan fingerprint density at radius 3 is 2.81 bits per heavy atom. The van der Waals surface area contributed by atoms with Gasteiger partial charge in [0.25, 0.3) is 0 Å². The second kappa shape index (κ2) is 6.79. The Hall–Kier alpha value is -3.88. The van der Waals surface area contributed by atoms with E-state index < -0.39 is 0 Å². The number of hydrogen-bond donors (Lipinski definition) is 2. The van der Waals surface area contributed by atoms with E-state index in [1.54, 1.807) is 13.2 Å². The molecule has 4 rings (SSSR count). The topological polar surface area (TPSA) is 125 Å². The summed E-state index contributed by atoms with van der Waals surface area (Å²) in [5.74, 6) is 1.27. The molecule has 2 aromatic heterocycles. The van der Waals surface area contributed by atoms with Gasteiger partial charge in [0, 0.05) is 5.56 Å². The van der Waals surface area contributed by atoms with Gasteiger partial charge < -0.3 is 20.2 Å². The Morgan fingerprint density at radius 1 is 1.22 bits per heavy atom. The number of nitrogens with zero attached hydrogens (tertiary/aromatic N) is 5. The van der Waals surface area contributed by atoms with Gasteiger partial charge in [0.05, 0.1) is 24.7 Å². The average Bonchev–Trinajstić information content (AvgIpc) is 3.29. The number of para-hydroxylation sites is 2. The maximum absolute atomic E-state index is 9.63. The molecular weight excluding hydrogens is 348 g/mol. The summed E-state index contributed by atoms with van der Waals surface area (Å²) < 4.78 is 11.8. The standard InChI is InChI=1S/C18H16N6O3/c1-26-12-6-4-5-11(9-12)14(21-25)10-24-15-8-3-2-7-13(15)20-18(24)16-17(19)23-27-22-16/h2-9,25H,10H2,1H3,(H2,19,23)/b21-14-. The van der Waals surface area contributed by atoms with Crippen molar-refractivity contribution in [2.45, 2.75) is 6.54 Å². The Kier molecular flexibility index (Phi) is 4.17. The highest BCUT2D eigenvalue weighted by Gasteiger charge is 2.20. The molecule has 0 amide bonds. The van der Waals surface area contributed by atoms with Crippen LogP contribution in [0.25, 0.3) is 22.6 Å². The minimum absolute atomic E-state index is 0.135. The molecular formula is C18H16N6O3. The summed E-state index contributed by atoms with van der Waals surface area (Å²) in [7, 11) is 1.58. The van der Waals surface area contributed by atoms with Crippen LogP contribution in [-0.4, -0.2) is 37.9 Å². The number of aromatic nitrogens is 4. The van der Waals surface area contributed by atoms with Crippen LogP contribution >= 0.6 is 0 Å². The molecule has 9 nitrogen and oxygen atoms in total. The number of oxime groups is 1. The second-order valence-corrected chi connectivity index (χ2v) is 5.79. The molecule has 9 heteroatoms. The number of nitrogen functional groups attached to an aromatic ring is 1. The molecule has 2 aromatic carbocycles. The third-order valence-electron chi connectivity index (χ3n) is 4.21. The Morgan fingerprint density at radius 2 is 2.07 bits per heavy atom. The molecule has 0 aliphatic carbocycles. The summed E-state index contributed by atoms with van der Waals surface area (Å²) in [4.78, 5) is 4.59. The van der Waals surface area contributed by atoms with Crippen LogP contribution in [0.2, 0.25) is 0 Å². The first-order chi connectivity index (χ1) is 13.2. The molecule has 0 atom stereocenters. The Balaban J connectivity index is 1.84. The van der Waals surface area contributed by atoms with Gasteiger partial charge in [0.1, 0.15) is 11.5 Å². The van der Waals surface area contributed by atoms with Crippen molar-refractivity contribution >= 4 is 22.6 Å². The van der Waals surface area contributed by atoms with Gasteiger partial charge in [-0.05, 0) is 34.6 Å². The number of fused-ring (bicyclic) bond motifs is 1. The lowest BCUT2D eigenvalue weighted by Gasteiger charge is -2.10. The molecule has 0 spiro atoms. The second-order valence-electron chi connectivity index (χ2n) is 5.79. The molecule has 0 aliphatic heterocycles. The van der Waals surface area contributed by atoms with Crippen molar-refractivity contribution in [1.29, 1.82) is 0 Å². The van der Waals surface area contributed by atoms with Crippen molar-refractivity contribution in [1.82, 2.24) is 19.9 Å². The van der Waals surface area contributed by atoms with Crippen molar-refractivity contribution in [3.8, 4) is 17.3 Å². The first kappa shape index (κ1) is 16.6. The normalized spacial score (nSPS) is 11.8. The van der Waals surface area contributed by atoms with Crippen LogP contribution in [0.4, 0.5) is 5.82 Å². The van der Waals surface area contributed by atoms with Gasteiger partial charge in [-0.15, -0.1) is 0 Å². The molecule has 0 saturated heterocycles. The highest BCUT2D eigenvalue weighted by Crippen LogP contribution is 2.27. The third kappa shape index (κ3) is 2.95. The fourth-order valence-corrected chi connectivity index (χ4v) is 2.90. The zero-order valence-electron chi connectivity index (χ0n) is 14.4. The molecule has 27 heavy (non-hydrogen) atoms. The number of ether oxygens (including phenoxy) is 1. The Bertz CT molecular complexity index is 1130. The minimum Gasteiger partial charge on any atom is -0.497 e. The first-order valence-electron chi connectivity index (χ1n) is 8.10. The third-order valence-corrected chi connectivity index (χ3v) is 4.21. The van der Waals surface area contributed by atoms with E-state index in [9.17, 15) is 5.21 Å². The highest BCUT2D eigenvalue weighted by atomic mass is 16.6. The fourth-order valence-electron chi connectivity index (χ4n) is 2.90. The highest BCUT2D eigenvalue weighted by molar-refractivity contribution is 6.01. The van der Waals surface area contributed by atoms with Crippen LogP contribution in [0.5, 0.6) is 5.75 Å². The zero-order valence-corrected chi connectivity index (χ0v) is 14.4. The number of benzene rings is 2. The Labute approximate surface area is 153 Å². The van der Waals surface area contributed by atoms with Gasteiger partial charge in [-0.1, -0.05) is 29.4 Å². The van der Waals surface area contributed by atoms with E-state index in [2.05, 4.69) is 20.5 Å². The summed E-state index contributed by atoms with van der Waals surface area (Å²) in [6, 6.07) is 14.8. The van der Waals surface area contributed by atoms with Gasteiger partial charge in [0.15, 0.2) is 17.3 Å². The molecule has 3 N–H and O–H groups in total. The maximum Gasteiger partial charge on any atom is 0.199 e.